The van der Waals surface area contributed by atoms with Gasteiger partial charge in [-0.15, -0.1) is 0 Å². The molecule has 1 aliphatic carbocycles. The van der Waals surface area contributed by atoms with Crippen LogP contribution in [0, 0.1) is 23.7 Å². The summed E-state index contributed by atoms with van der Waals surface area (Å²) in [7, 11) is 1.72. The molecule has 61 heavy (non-hydrogen) atoms. The summed E-state index contributed by atoms with van der Waals surface area (Å²) in [6, 6.07) is 27.0. The largest absolute Gasteiger partial charge is 0.390 e. The molecule has 3 atom stereocenters. The molecular formula is C49H62N6O5S. The zero-order chi connectivity index (χ0) is 42.8. The highest BCUT2D eigenvalue weighted by molar-refractivity contribution is 7.80. The van der Waals surface area contributed by atoms with Gasteiger partial charge in [0, 0.05) is 45.6 Å². The molecule has 4 aromatic rings. The third-order valence-corrected chi connectivity index (χ3v) is 12.4. The standard InChI is InChI=1S/C49H62N6O5S/c1-50-49(61)52-24-10-9-23-43(48(59)54-44(31-35-13-3-2-4-14-35)45(56)34-46(57)51-25-26-55-27-29-60-30-28-55)53-47(58)40(32-38-19-11-17-36-15-5-7-21-41(36)38)33-39-20-12-18-37-16-6-8-22-42(37)39/h5-8,11-12,15-22,35,40,43-45,56H,2-4,13-14,23-34H2,1H3,(H,51,57)(H,53,58)(H,54,59)(H2,50,52,61)/t43-,44-,45-/m0/s1. The lowest BCUT2D eigenvalue weighted by Gasteiger charge is -2.31. The molecule has 2 fully saturated rings. The molecule has 324 valence electrons. The molecule has 0 aromatic heterocycles. The highest BCUT2D eigenvalue weighted by atomic mass is 32.1. The smallest absolute Gasteiger partial charge is 0.243 e. The van der Waals surface area contributed by atoms with Gasteiger partial charge in [0.2, 0.25) is 17.7 Å². The van der Waals surface area contributed by atoms with E-state index >= 15 is 0 Å². The number of benzene rings is 4. The minimum atomic E-state index is -1.12. The molecule has 4 aromatic carbocycles. The molecule has 1 heterocycles. The summed E-state index contributed by atoms with van der Waals surface area (Å²) in [6.45, 7) is 4.43. The fourth-order valence-electron chi connectivity index (χ4n) is 8.64. The van der Waals surface area contributed by atoms with Crippen LogP contribution in [0.15, 0.2) is 84.9 Å². The van der Waals surface area contributed by atoms with E-state index in [9.17, 15) is 19.5 Å². The Hall–Kier alpha value is -5.06. The summed E-state index contributed by atoms with van der Waals surface area (Å²) in [4.78, 5) is 44.7. The molecule has 0 unspecified atom stereocenters. The number of amides is 3. The first-order valence-corrected chi connectivity index (χ1v) is 22.4. The number of carbonyl (C=O) groups excluding carboxylic acids is 3. The lowest BCUT2D eigenvalue weighted by molar-refractivity contribution is -0.132. The molecule has 1 saturated carbocycles. The van der Waals surface area contributed by atoms with E-state index in [4.69, 9.17) is 17.0 Å². The topological polar surface area (TPSA) is 144 Å². The third-order valence-electron chi connectivity index (χ3n) is 12.0. The maximum absolute atomic E-state index is 14.8. The number of rotatable bonds is 18. The summed E-state index contributed by atoms with van der Waals surface area (Å²) in [5.41, 5.74) is 2.09. The Morgan fingerprint density at radius 2 is 1.43 bits per heavy atom. The molecule has 1 aliphatic heterocycles. The number of carbonyl (C=O) groups is 3. The van der Waals surface area contributed by atoms with Crippen molar-refractivity contribution >= 4 is 56.6 Å². The molecule has 0 spiro atoms. The number of aliphatic hydroxyl groups is 1. The normalized spacial score (nSPS) is 16.2. The van der Waals surface area contributed by atoms with Gasteiger partial charge in [-0.25, -0.2) is 0 Å². The lowest BCUT2D eigenvalue weighted by atomic mass is 9.83. The van der Waals surface area contributed by atoms with Crippen molar-refractivity contribution in [2.45, 2.75) is 82.4 Å². The first-order chi connectivity index (χ1) is 29.8. The maximum atomic E-state index is 14.8. The van der Waals surface area contributed by atoms with Gasteiger partial charge in [0.05, 0.1) is 38.3 Å². The highest BCUT2D eigenvalue weighted by Crippen LogP contribution is 2.29. The number of fused-ring (bicyclic) bond motifs is 2. The average molecular weight is 847 g/mol. The van der Waals surface area contributed by atoms with Crippen molar-refractivity contribution < 1.29 is 24.2 Å². The van der Waals surface area contributed by atoms with Crippen LogP contribution in [-0.4, -0.2) is 104 Å². The number of ether oxygens (including phenoxy) is 1. The predicted molar refractivity (Wildman–Crippen MR) is 247 cm³/mol. The van der Waals surface area contributed by atoms with Crippen LogP contribution in [0.1, 0.15) is 62.5 Å². The first kappa shape index (κ1) is 45.5. The van der Waals surface area contributed by atoms with Crippen LogP contribution in [0.3, 0.4) is 0 Å². The summed E-state index contributed by atoms with van der Waals surface area (Å²) < 4.78 is 5.43. The van der Waals surface area contributed by atoms with Crippen LogP contribution < -0.4 is 26.6 Å². The van der Waals surface area contributed by atoms with Gasteiger partial charge in [0.15, 0.2) is 5.11 Å². The second kappa shape index (κ2) is 23.8. The number of hydrogen-bond donors (Lipinski definition) is 6. The number of morpholine rings is 1. The lowest BCUT2D eigenvalue weighted by Crippen LogP contribution is -2.54. The van der Waals surface area contributed by atoms with E-state index in [0.29, 0.717) is 56.6 Å². The van der Waals surface area contributed by atoms with E-state index in [1.807, 2.05) is 36.4 Å². The minimum Gasteiger partial charge on any atom is -0.390 e. The highest BCUT2D eigenvalue weighted by Gasteiger charge is 2.32. The van der Waals surface area contributed by atoms with Gasteiger partial charge in [-0.05, 0) is 70.1 Å². The van der Waals surface area contributed by atoms with Gasteiger partial charge in [-0.1, -0.05) is 129 Å². The Morgan fingerprint density at radius 1 is 0.803 bits per heavy atom. The van der Waals surface area contributed by atoms with E-state index in [1.54, 1.807) is 7.05 Å². The maximum Gasteiger partial charge on any atom is 0.243 e. The van der Waals surface area contributed by atoms with Gasteiger partial charge in [0.25, 0.3) is 0 Å². The van der Waals surface area contributed by atoms with Gasteiger partial charge in [0.1, 0.15) is 6.04 Å². The van der Waals surface area contributed by atoms with E-state index < -0.39 is 30.0 Å². The van der Waals surface area contributed by atoms with Crippen LogP contribution in [0.25, 0.3) is 21.5 Å². The van der Waals surface area contributed by atoms with E-state index in [-0.39, 0.29) is 31.2 Å². The summed E-state index contributed by atoms with van der Waals surface area (Å²) in [6.07, 6.45) is 5.57. The minimum absolute atomic E-state index is 0.0368. The molecule has 11 nitrogen and oxygen atoms in total. The van der Waals surface area contributed by atoms with Gasteiger partial charge in [-0.3, -0.25) is 19.3 Å². The van der Waals surface area contributed by atoms with Crippen molar-refractivity contribution in [2.75, 3.05) is 53.0 Å². The third kappa shape index (κ3) is 14.0. The Balaban J connectivity index is 1.23. The molecular weight excluding hydrogens is 785 g/mol. The van der Waals surface area contributed by atoms with Gasteiger partial charge >= 0.3 is 0 Å². The zero-order valence-corrected chi connectivity index (χ0v) is 36.2. The molecule has 12 heteroatoms. The number of nitrogens with zero attached hydrogens (tertiary/aromatic N) is 1. The summed E-state index contributed by atoms with van der Waals surface area (Å²) in [5, 5.41) is 31.5. The Morgan fingerprint density at radius 3 is 2.07 bits per heavy atom. The molecule has 1 saturated heterocycles. The predicted octanol–water partition coefficient (Wildman–Crippen LogP) is 5.02. The first-order valence-electron chi connectivity index (χ1n) is 22.0. The van der Waals surface area contributed by atoms with Gasteiger partial charge < -0.3 is 36.4 Å². The zero-order valence-electron chi connectivity index (χ0n) is 35.4. The van der Waals surface area contributed by atoms with Gasteiger partial charge in [-0.2, -0.15) is 0 Å². The Labute approximate surface area is 366 Å². The Kier molecular flexibility index (Phi) is 17.7. The van der Waals surface area contributed by atoms with Crippen LogP contribution in [-0.2, 0) is 32.0 Å². The second-order valence-corrected chi connectivity index (χ2v) is 16.8. The van der Waals surface area contributed by atoms with E-state index in [0.717, 1.165) is 71.4 Å². The summed E-state index contributed by atoms with van der Waals surface area (Å²) >= 11 is 5.20. The summed E-state index contributed by atoms with van der Waals surface area (Å²) in [5.74, 6) is 4.93. The van der Waals surface area contributed by atoms with Crippen molar-refractivity contribution in [3.63, 3.8) is 0 Å². The molecule has 6 N–H and O–H groups in total. The number of hydrogen-bond acceptors (Lipinski definition) is 7. The fraction of sp³-hybridized carbons (Fsp3) is 0.469. The molecule has 2 aliphatic rings. The monoisotopic (exact) mass is 846 g/mol. The van der Waals surface area contributed by atoms with Crippen molar-refractivity contribution in [3.05, 3.63) is 96.1 Å². The number of nitrogens with one attached hydrogen (secondary N) is 5. The van der Waals surface area contributed by atoms with Crippen molar-refractivity contribution in [1.82, 2.24) is 31.5 Å². The molecule has 3 amide bonds. The number of thiocarbonyl (C=S) groups is 1. The quantitative estimate of drug-likeness (QED) is 0.0602. The SMILES string of the molecule is CNC(=S)NCC#CC[C@H](NC(=O)C(Cc1cccc2ccccc12)Cc1cccc2ccccc12)C(=O)N[C@@H](CC1CCCCC1)[C@@H](O)CC(=O)NCCN1CCOCC1. The molecule has 0 radical (unpaired) electrons. The second-order valence-electron chi connectivity index (χ2n) is 16.4. The fourth-order valence-corrected chi connectivity index (χ4v) is 8.71. The molecule has 0 bridgehead atoms. The van der Waals surface area contributed by atoms with Crippen molar-refractivity contribution in [3.8, 4) is 11.8 Å². The van der Waals surface area contributed by atoms with Crippen LogP contribution in [0.2, 0.25) is 0 Å². The van der Waals surface area contributed by atoms with Crippen molar-refractivity contribution in [1.29, 1.82) is 0 Å². The van der Waals surface area contributed by atoms with Crippen LogP contribution in [0.4, 0.5) is 0 Å². The Bertz CT molecular complexity index is 2050. The van der Waals surface area contributed by atoms with Crippen molar-refractivity contribution in [2.24, 2.45) is 11.8 Å². The van der Waals surface area contributed by atoms with E-state index in [2.05, 4.69) is 91.9 Å². The van der Waals surface area contributed by atoms with Crippen LogP contribution in [0.5, 0.6) is 0 Å². The number of aliphatic hydroxyl groups excluding tert-OH is 1. The van der Waals surface area contributed by atoms with Crippen LogP contribution >= 0.6 is 12.2 Å². The average Bonchev–Trinajstić information content (AvgIpc) is 3.28. The van der Waals surface area contributed by atoms with E-state index in [1.165, 1.54) is 6.42 Å². The molecule has 6 rings (SSSR count).